The van der Waals surface area contributed by atoms with E-state index in [1.54, 1.807) is 0 Å². The number of carboxylic acid groups (broad SMARTS) is 1. The number of urea groups is 1. The van der Waals surface area contributed by atoms with Gasteiger partial charge in [-0.05, 0) is 13.8 Å². The summed E-state index contributed by atoms with van der Waals surface area (Å²) in [6.45, 7) is 2.71. The summed E-state index contributed by atoms with van der Waals surface area (Å²) in [5.74, 6) is -2.16. The maximum Gasteiger partial charge on any atom is 0.318 e. The highest BCUT2D eigenvalue weighted by molar-refractivity contribution is 6.05. The standard InChI is InChI=1S/C10H15N3O5/c1-10(2)8(17)12-6(14)5-13(10)9(18)11-4-3-7(15)16/h3-5H2,1-2H3,(H,11,18)(H,15,16)(H,12,14,17). The van der Waals surface area contributed by atoms with Crippen molar-refractivity contribution in [3.8, 4) is 0 Å². The van der Waals surface area contributed by atoms with Gasteiger partial charge in [0.2, 0.25) is 5.91 Å². The number of piperazine rings is 1. The molecular formula is C10H15N3O5. The van der Waals surface area contributed by atoms with Crippen LogP contribution < -0.4 is 10.6 Å². The molecule has 0 spiro atoms. The molecular weight excluding hydrogens is 242 g/mol. The lowest BCUT2D eigenvalue weighted by molar-refractivity contribution is -0.143. The van der Waals surface area contributed by atoms with E-state index in [9.17, 15) is 19.2 Å². The van der Waals surface area contributed by atoms with Crippen LogP contribution in [0.4, 0.5) is 4.79 Å². The van der Waals surface area contributed by atoms with Crippen LogP contribution in [0.25, 0.3) is 0 Å². The molecule has 0 atom stereocenters. The van der Waals surface area contributed by atoms with Crippen molar-refractivity contribution in [2.45, 2.75) is 25.8 Å². The molecule has 0 aliphatic carbocycles. The van der Waals surface area contributed by atoms with Gasteiger partial charge in [0.25, 0.3) is 5.91 Å². The van der Waals surface area contributed by atoms with Gasteiger partial charge in [-0.1, -0.05) is 0 Å². The summed E-state index contributed by atoms with van der Waals surface area (Å²) in [6.07, 6.45) is -0.222. The predicted molar refractivity (Wildman–Crippen MR) is 59.6 cm³/mol. The second kappa shape index (κ2) is 5.03. The summed E-state index contributed by atoms with van der Waals surface area (Å²) < 4.78 is 0. The van der Waals surface area contributed by atoms with Crippen molar-refractivity contribution >= 4 is 23.8 Å². The Morgan fingerprint density at radius 3 is 2.61 bits per heavy atom. The lowest BCUT2D eigenvalue weighted by Gasteiger charge is -2.39. The number of carbonyl (C=O) groups is 4. The molecule has 4 amide bonds. The Bertz CT molecular complexity index is 404. The number of amides is 4. The average molecular weight is 257 g/mol. The van der Waals surface area contributed by atoms with Gasteiger partial charge in [0.15, 0.2) is 0 Å². The number of carboxylic acids is 1. The molecule has 3 N–H and O–H groups in total. The highest BCUT2D eigenvalue weighted by atomic mass is 16.4. The second-order valence-corrected chi connectivity index (χ2v) is 4.40. The SMILES string of the molecule is CC1(C)C(=O)NC(=O)CN1C(=O)NCCC(=O)O. The molecule has 18 heavy (non-hydrogen) atoms. The molecule has 1 rings (SSSR count). The van der Waals surface area contributed by atoms with Gasteiger partial charge in [-0.15, -0.1) is 0 Å². The van der Waals surface area contributed by atoms with Gasteiger partial charge in [-0.2, -0.15) is 0 Å². The van der Waals surface area contributed by atoms with Crippen LogP contribution in [0.3, 0.4) is 0 Å². The van der Waals surface area contributed by atoms with Crippen LogP contribution in [-0.2, 0) is 14.4 Å². The van der Waals surface area contributed by atoms with Crippen LogP contribution in [0.15, 0.2) is 0 Å². The van der Waals surface area contributed by atoms with E-state index < -0.39 is 29.4 Å². The monoisotopic (exact) mass is 257 g/mol. The quantitative estimate of drug-likeness (QED) is 0.555. The fraction of sp³-hybridized carbons (Fsp3) is 0.600. The smallest absolute Gasteiger partial charge is 0.318 e. The summed E-state index contributed by atoms with van der Waals surface area (Å²) in [6, 6.07) is -0.635. The predicted octanol–water partition coefficient (Wildman–Crippen LogP) is -1.09. The summed E-state index contributed by atoms with van der Waals surface area (Å²) in [7, 11) is 0. The number of nitrogens with zero attached hydrogens (tertiary/aromatic N) is 1. The molecule has 0 unspecified atom stereocenters. The van der Waals surface area contributed by atoms with Gasteiger partial charge in [0.1, 0.15) is 12.1 Å². The molecule has 1 aliphatic rings. The highest BCUT2D eigenvalue weighted by Gasteiger charge is 2.43. The Morgan fingerprint density at radius 1 is 1.44 bits per heavy atom. The summed E-state index contributed by atoms with van der Waals surface area (Å²) in [5, 5.41) is 12.9. The zero-order valence-electron chi connectivity index (χ0n) is 10.1. The Balaban J connectivity index is 2.67. The van der Waals surface area contributed by atoms with E-state index in [1.807, 2.05) is 0 Å². The third kappa shape index (κ3) is 2.96. The fourth-order valence-corrected chi connectivity index (χ4v) is 1.48. The van der Waals surface area contributed by atoms with Gasteiger partial charge in [-0.3, -0.25) is 19.7 Å². The molecule has 1 heterocycles. The average Bonchev–Trinajstić information content (AvgIpc) is 2.23. The minimum absolute atomic E-state index is 0.0590. The van der Waals surface area contributed by atoms with Crippen molar-refractivity contribution in [1.29, 1.82) is 0 Å². The lowest BCUT2D eigenvalue weighted by Crippen LogP contribution is -2.67. The number of nitrogens with one attached hydrogen (secondary N) is 2. The van der Waals surface area contributed by atoms with Crippen molar-refractivity contribution in [2.75, 3.05) is 13.1 Å². The van der Waals surface area contributed by atoms with E-state index in [-0.39, 0.29) is 19.5 Å². The van der Waals surface area contributed by atoms with E-state index in [2.05, 4.69) is 10.6 Å². The van der Waals surface area contributed by atoms with Crippen molar-refractivity contribution in [3.05, 3.63) is 0 Å². The maximum absolute atomic E-state index is 11.8. The second-order valence-electron chi connectivity index (χ2n) is 4.40. The first-order valence-electron chi connectivity index (χ1n) is 5.36. The minimum Gasteiger partial charge on any atom is -0.481 e. The Hall–Kier alpha value is -2.12. The van der Waals surface area contributed by atoms with Crippen LogP contribution in [0.2, 0.25) is 0 Å². The van der Waals surface area contributed by atoms with Crippen molar-refractivity contribution in [1.82, 2.24) is 15.5 Å². The van der Waals surface area contributed by atoms with Crippen molar-refractivity contribution in [2.24, 2.45) is 0 Å². The molecule has 0 aromatic rings. The van der Waals surface area contributed by atoms with Gasteiger partial charge in [0, 0.05) is 6.54 Å². The van der Waals surface area contributed by atoms with Crippen LogP contribution in [0, 0.1) is 0 Å². The first-order chi connectivity index (χ1) is 8.25. The normalized spacial score (nSPS) is 18.2. The molecule has 1 aliphatic heterocycles. The zero-order chi connectivity index (χ0) is 13.9. The zero-order valence-corrected chi connectivity index (χ0v) is 10.1. The van der Waals surface area contributed by atoms with Crippen LogP contribution in [-0.4, -0.2) is 52.4 Å². The number of aliphatic carboxylic acids is 1. The van der Waals surface area contributed by atoms with E-state index in [0.29, 0.717) is 0 Å². The first kappa shape index (κ1) is 13.9. The van der Waals surface area contributed by atoms with E-state index in [4.69, 9.17) is 5.11 Å². The Morgan fingerprint density at radius 2 is 2.06 bits per heavy atom. The number of hydrogen-bond donors (Lipinski definition) is 3. The first-order valence-corrected chi connectivity index (χ1v) is 5.36. The molecule has 0 radical (unpaired) electrons. The van der Waals surface area contributed by atoms with Crippen LogP contribution >= 0.6 is 0 Å². The van der Waals surface area contributed by atoms with Crippen LogP contribution in [0.5, 0.6) is 0 Å². The molecule has 0 saturated carbocycles. The Kier molecular flexibility index (Phi) is 3.89. The summed E-state index contributed by atoms with van der Waals surface area (Å²) in [5.41, 5.74) is -1.15. The van der Waals surface area contributed by atoms with Gasteiger partial charge >= 0.3 is 12.0 Å². The lowest BCUT2D eigenvalue weighted by atomic mass is 9.99. The van der Waals surface area contributed by atoms with E-state index in [0.717, 1.165) is 4.90 Å². The minimum atomic E-state index is -1.15. The summed E-state index contributed by atoms with van der Waals surface area (Å²) in [4.78, 5) is 45.9. The third-order valence-electron chi connectivity index (χ3n) is 2.65. The van der Waals surface area contributed by atoms with E-state index >= 15 is 0 Å². The van der Waals surface area contributed by atoms with Crippen molar-refractivity contribution < 1.29 is 24.3 Å². The number of rotatable bonds is 3. The molecule has 1 fully saturated rings. The molecule has 1 saturated heterocycles. The largest absolute Gasteiger partial charge is 0.481 e. The number of hydrogen-bond acceptors (Lipinski definition) is 4. The molecule has 0 bridgehead atoms. The third-order valence-corrected chi connectivity index (χ3v) is 2.65. The number of carbonyl (C=O) groups excluding carboxylic acids is 3. The fourth-order valence-electron chi connectivity index (χ4n) is 1.48. The topological polar surface area (TPSA) is 116 Å². The van der Waals surface area contributed by atoms with Crippen LogP contribution in [0.1, 0.15) is 20.3 Å². The molecule has 0 aromatic heterocycles. The maximum atomic E-state index is 11.8. The van der Waals surface area contributed by atoms with E-state index in [1.165, 1.54) is 13.8 Å². The molecule has 0 aromatic carbocycles. The van der Waals surface area contributed by atoms with Gasteiger partial charge < -0.3 is 15.3 Å². The molecule has 8 heteroatoms. The van der Waals surface area contributed by atoms with Gasteiger partial charge in [-0.25, -0.2) is 4.79 Å². The Labute approximate surface area is 103 Å². The molecule has 100 valence electrons. The summed E-state index contributed by atoms with van der Waals surface area (Å²) >= 11 is 0. The van der Waals surface area contributed by atoms with Gasteiger partial charge in [0.05, 0.1) is 6.42 Å². The molecule has 8 nitrogen and oxygen atoms in total. The number of imide groups is 1. The van der Waals surface area contributed by atoms with Crippen molar-refractivity contribution in [3.63, 3.8) is 0 Å². The highest BCUT2D eigenvalue weighted by Crippen LogP contribution is 2.17.